The van der Waals surface area contributed by atoms with Crippen LogP contribution in [0.3, 0.4) is 0 Å². The zero-order valence-corrected chi connectivity index (χ0v) is 16.2. The van der Waals surface area contributed by atoms with Gasteiger partial charge in [0.2, 0.25) is 0 Å². The van der Waals surface area contributed by atoms with Gasteiger partial charge in [0, 0.05) is 51.1 Å². The number of aryl methyl sites for hydroxylation is 1. The van der Waals surface area contributed by atoms with Gasteiger partial charge in [-0.05, 0) is 49.6 Å². The topological polar surface area (TPSA) is 40.1 Å². The molecule has 0 amide bonds. The van der Waals surface area contributed by atoms with E-state index in [1.807, 2.05) is 43.7 Å². The lowest BCUT2D eigenvalue weighted by atomic mass is 9.90. The van der Waals surface area contributed by atoms with Crippen LogP contribution in [-0.2, 0) is 12.8 Å². The minimum atomic E-state index is 0.798. The number of methoxy groups -OCH3 is 1. The van der Waals surface area contributed by atoms with Crippen LogP contribution in [0.2, 0.25) is 0 Å². The zero-order valence-electron chi connectivity index (χ0n) is 16.2. The van der Waals surface area contributed by atoms with E-state index in [1.54, 1.807) is 7.11 Å². The quantitative estimate of drug-likeness (QED) is 0.462. The summed E-state index contributed by atoms with van der Waals surface area (Å²) >= 11 is 0. The van der Waals surface area contributed by atoms with Crippen LogP contribution in [0, 0.1) is 0 Å². The lowest BCUT2D eigenvalue weighted by Gasteiger charge is -2.38. The molecule has 0 unspecified atom stereocenters. The van der Waals surface area contributed by atoms with E-state index in [-0.39, 0.29) is 0 Å². The molecule has 0 bridgehead atoms. The number of allylic oxidation sites excluding steroid dienone is 3. The molecular weight excluding hydrogens is 324 g/mol. The lowest BCUT2D eigenvalue weighted by Crippen LogP contribution is -2.35. The van der Waals surface area contributed by atoms with E-state index in [0.29, 0.717) is 0 Å². The summed E-state index contributed by atoms with van der Waals surface area (Å²) in [5.74, 6) is 0.988. The van der Waals surface area contributed by atoms with Gasteiger partial charge >= 0.3 is 0 Å². The minimum absolute atomic E-state index is 0.798. The number of rotatable bonds is 7. The van der Waals surface area contributed by atoms with Gasteiger partial charge in [-0.2, -0.15) is 5.10 Å². The minimum Gasteiger partial charge on any atom is -0.494 e. The molecule has 5 nitrogen and oxygen atoms in total. The Balaban J connectivity index is 1.81. The number of ether oxygens (including phenoxy) is 1. The maximum absolute atomic E-state index is 5.84. The van der Waals surface area contributed by atoms with E-state index in [2.05, 4.69) is 27.5 Å². The fourth-order valence-electron chi connectivity index (χ4n) is 3.88. The summed E-state index contributed by atoms with van der Waals surface area (Å²) in [6, 6.07) is 2.28. The number of nitrogens with zero attached hydrogens (tertiary/aromatic N) is 3. The van der Waals surface area contributed by atoms with E-state index < -0.39 is 0 Å². The van der Waals surface area contributed by atoms with E-state index in [1.165, 1.54) is 42.7 Å². The van der Waals surface area contributed by atoms with Crippen molar-refractivity contribution in [1.29, 1.82) is 0 Å². The zero-order chi connectivity index (χ0) is 18.4. The Morgan fingerprint density at radius 1 is 1.27 bits per heavy atom. The molecule has 0 fully saturated rings. The highest BCUT2D eigenvalue weighted by molar-refractivity contribution is 5.77. The molecule has 0 radical (unpaired) electrons. The van der Waals surface area contributed by atoms with Crippen molar-refractivity contribution < 1.29 is 4.74 Å². The Hall–Kier alpha value is -2.43. The monoisotopic (exact) mass is 354 g/mol. The molecule has 2 aliphatic heterocycles. The van der Waals surface area contributed by atoms with E-state index in [4.69, 9.17) is 4.74 Å². The SMILES string of the molecule is CN/C=C\C=C/C/C=N/N(C)c1cc2c3c(c1OC)CCCN3CCC2. The maximum Gasteiger partial charge on any atom is 0.149 e. The Bertz CT molecular complexity index is 706. The standard InChI is InChI=1S/C21H30N4O/c1-22-12-6-4-5-7-13-23-24(2)19-16-17-10-8-14-25-15-9-11-18(20(17)25)21(19)26-3/h4-6,12-13,16,22H,7-11,14-15H2,1-3H3/b5-4-,12-6-,23-13+. The highest BCUT2D eigenvalue weighted by Gasteiger charge is 2.29. The van der Waals surface area contributed by atoms with Crippen molar-refractivity contribution in [2.45, 2.75) is 32.1 Å². The van der Waals surface area contributed by atoms with Crippen LogP contribution >= 0.6 is 0 Å². The third kappa shape index (κ3) is 3.87. The fourth-order valence-corrected chi connectivity index (χ4v) is 3.88. The van der Waals surface area contributed by atoms with Crippen LogP contribution in [0.25, 0.3) is 0 Å². The summed E-state index contributed by atoms with van der Waals surface area (Å²) in [7, 11) is 5.67. The summed E-state index contributed by atoms with van der Waals surface area (Å²) in [6.45, 7) is 2.34. The second kappa shape index (κ2) is 8.79. The van der Waals surface area contributed by atoms with Crippen LogP contribution in [0.1, 0.15) is 30.4 Å². The summed E-state index contributed by atoms with van der Waals surface area (Å²) in [6.07, 6.45) is 15.4. The van der Waals surface area contributed by atoms with Crippen molar-refractivity contribution in [3.63, 3.8) is 0 Å². The van der Waals surface area contributed by atoms with Crippen molar-refractivity contribution in [3.8, 4) is 5.75 Å². The molecule has 0 aromatic heterocycles. The van der Waals surface area contributed by atoms with Crippen LogP contribution in [0.4, 0.5) is 11.4 Å². The maximum atomic E-state index is 5.84. The van der Waals surface area contributed by atoms with Crippen LogP contribution in [-0.4, -0.2) is 40.5 Å². The van der Waals surface area contributed by atoms with Gasteiger partial charge in [0.15, 0.2) is 0 Å². The van der Waals surface area contributed by atoms with Crippen LogP contribution in [0.5, 0.6) is 5.75 Å². The summed E-state index contributed by atoms with van der Waals surface area (Å²) < 4.78 is 5.84. The van der Waals surface area contributed by atoms with Gasteiger partial charge in [0.25, 0.3) is 0 Å². The molecule has 0 atom stereocenters. The van der Waals surface area contributed by atoms with E-state index >= 15 is 0 Å². The van der Waals surface area contributed by atoms with Gasteiger partial charge in [0.1, 0.15) is 11.4 Å². The van der Waals surface area contributed by atoms with Crippen LogP contribution in [0.15, 0.2) is 35.6 Å². The first-order valence-corrected chi connectivity index (χ1v) is 9.49. The number of hydrogen-bond acceptors (Lipinski definition) is 5. The number of nitrogens with one attached hydrogen (secondary N) is 1. The Labute approximate surface area is 157 Å². The number of hydrazone groups is 1. The van der Waals surface area contributed by atoms with Crippen molar-refractivity contribution in [1.82, 2.24) is 5.32 Å². The lowest BCUT2D eigenvalue weighted by molar-refractivity contribution is 0.407. The molecule has 0 saturated heterocycles. The Kier molecular flexibility index (Phi) is 6.21. The molecule has 26 heavy (non-hydrogen) atoms. The average molecular weight is 354 g/mol. The number of anilines is 2. The predicted octanol–water partition coefficient (Wildman–Crippen LogP) is 3.50. The smallest absolute Gasteiger partial charge is 0.149 e. The first kappa shape index (κ1) is 18.4. The van der Waals surface area contributed by atoms with Gasteiger partial charge in [-0.15, -0.1) is 0 Å². The van der Waals surface area contributed by atoms with Gasteiger partial charge in [-0.1, -0.05) is 12.2 Å². The Morgan fingerprint density at radius 2 is 2.08 bits per heavy atom. The fraction of sp³-hybridized carbons (Fsp3) is 0.476. The first-order chi connectivity index (χ1) is 12.8. The molecule has 1 aromatic rings. The van der Waals surface area contributed by atoms with Crippen molar-refractivity contribution in [3.05, 3.63) is 41.6 Å². The highest BCUT2D eigenvalue weighted by atomic mass is 16.5. The van der Waals surface area contributed by atoms with E-state index in [0.717, 1.165) is 30.7 Å². The van der Waals surface area contributed by atoms with Crippen molar-refractivity contribution >= 4 is 17.6 Å². The van der Waals surface area contributed by atoms with Gasteiger partial charge < -0.3 is 15.0 Å². The molecule has 0 spiro atoms. The second-order valence-electron chi connectivity index (χ2n) is 6.74. The molecule has 0 aliphatic carbocycles. The second-order valence-corrected chi connectivity index (χ2v) is 6.74. The van der Waals surface area contributed by atoms with Crippen LogP contribution < -0.4 is 20.0 Å². The highest BCUT2D eigenvalue weighted by Crippen LogP contribution is 2.45. The Morgan fingerprint density at radius 3 is 2.85 bits per heavy atom. The first-order valence-electron chi connectivity index (χ1n) is 9.49. The number of benzene rings is 1. The molecule has 1 N–H and O–H groups in total. The van der Waals surface area contributed by atoms with Gasteiger partial charge in [0.05, 0.1) is 7.11 Å². The third-order valence-corrected chi connectivity index (χ3v) is 5.01. The van der Waals surface area contributed by atoms with Crippen molar-refractivity contribution in [2.24, 2.45) is 5.10 Å². The van der Waals surface area contributed by atoms with Gasteiger partial charge in [-0.25, -0.2) is 0 Å². The third-order valence-electron chi connectivity index (χ3n) is 5.01. The molecule has 2 aliphatic rings. The molecule has 3 rings (SSSR count). The number of hydrogen-bond donors (Lipinski definition) is 1. The average Bonchev–Trinajstić information content (AvgIpc) is 2.67. The molecule has 2 heterocycles. The summed E-state index contributed by atoms with van der Waals surface area (Å²) in [5.41, 5.74) is 5.31. The van der Waals surface area contributed by atoms with Crippen molar-refractivity contribution in [2.75, 3.05) is 44.2 Å². The van der Waals surface area contributed by atoms with Gasteiger partial charge in [-0.3, -0.25) is 5.01 Å². The van der Waals surface area contributed by atoms with E-state index in [9.17, 15) is 0 Å². The molecule has 1 aromatic carbocycles. The molecule has 0 saturated carbocycles. The molecular formula is C21H30N4O. The summed E-state index contributed by atoms with van der Waals surface area (Å²) in [4.78, 5) is 2.54. The molecule has 5 heteroatoms. The largest absolute Gasteiger partial charge is 0.494 e. The normalized spacial score (nSPS) is 16.5. The predicted molar refractivity (Wildman–Crippen MR) is 111 cm³/mol. The molecule has 140 valence electrons. The summed E-state index contributed by atoms with van der Waals surface area (Å²) in [5, 5.41) is 9.51.